The number of hydrogen-bond acceptors (Lipinski definition) is 3. The Balaban J connectivity index is 2.61. The van der Waals surface area contributed by atoms with Crippen molar-refractivity contribution < 1.29 is 19.8 Å². The lowest BCUT2D eigenvalue weighted by Crippen LogP contribution is -1.99. The molecule has 2 N–H and O–H groups in total. The van der Waals surface area contributed by atoms with Gasteiger partial charge in [-0.3, -0.25) is 4.79 Å². The van der Waals surface area contributed by atoms with Crippen molar-refractivity contribution in [2.75, 3.05) is 6.61 Å². The fraction of sp³-hybridized carbons (Fsp3) is 0.286. The van der Waals surface area contributed by atoms with Crippen LogP contribution < -0.4 is 0 Å². The Morgan fingerprint density at radius 2 is 2.05 bits per heavy atom. The molecule has 0 saturated carbocycles. The molecule has 2 rings (SSSR count). The summed E-state index contributed by atoms with van der Waals surface area (Å²) in [5.74, 6) is -1.12. The van der Waals surface area contributed by atoms with Gasteiger partial charge >= 0.3 is 5.97 Å². The maximum Gasteiger partial charge on any atom is 0.335 e. The molecule has 1 heterocycles. The summed E-state index contributed by atoms with van der Waals surface area (Å²) in [6.07, 6.45) is 2.30. The lowest BCUT2D eigenvalue weighted by atomic mass is 10.1. The third kappa shape index (κ3) is 2.51. The average Bonchev–Trinajstić information content (AvgIpc) is 2.74. The third-order valence-corrected chi connectivity index (χ3v) is 3.06. The zero-order valence-electron chi connectivity index (χ0n) is 10.6. The molecule has 1 aromatic carbocycles. The molecule has 0 amide bonds. The number of carboxylic acid groups (broad SMARTS) is 1. The van der Waals surface area contributed by atoms with Crippen molar-refractivity contribution in [1.82, 2.24) is 4.57 Å². The zero-order valence-corrected chi connectivity index (χ0v) is 10.6. The quantitative estimate of drug-likeness (QED) is 0.806. The molecule has 100 valence electrons. The monoisotopic (exact) mass is 261 g/mol. The van der Waals surface area contributed by atoms with Crippen molar-refractivity contribution in [2.24, 2.45) is 0 Å². The minimum absolute atomic E-state index is 0.0717. The highest BCUT2D eigenvalue weighted by atomic mass is 16.4. The fourth-order valence-electron chi connectivity index (χ4n) is 2.14. The number of carbonyl (C=O) groups excluding carboxylic acids is 1. The van der Waals surface area contributed by atoms with Crippen molar-refractivity contribution in [3.05, 3.63) is 35.5 Å². The lowest BCUT2D eigenvalue weighted by Gasteiger charge is -2.03. The van der Waals surface area contributed by atoms with E-state index in [2.05, 4.69) is 0 Å². The molecule has 2 aromatic rings. The van der Waals surface area contributed by atoms with Gasteiger partial charge in [-0.15, -0.1) is 0 Å². The molecule has 0 unspecified atom stereocenters. The van der Waals surface area contributed by atoms with E-state index in [1.54, 1.807) is 12.3 Å². The number of ketones is 1. The van der Waals surface area contributed by atoms with Crippen LogP contribution in [0.15, 0.2) is 24.4 Å². The van der Waals surface area contributed by atoms with Crippen LogP contribution in [0.1, 0.15) is 34.1 Å². The number of aromatic carboxylic acids is 1. The van der Waals surface area contributed by atoms with Crippen LogP contribution in [-0.2, 0) is 6.54 Å². The molecular weight excluding hydrogens is 246 g/mol. The van der Waals surface area contributed by atoms with E-state index >= 15 is 0 Å². The zero-order chi connectivity index (χ0) is 14.0. The summed E-state index contributed by atoms with van der Waals surface area (Å²) in [4.78, 5) is 22.6. The number of rotatable bonds is 5. The molecule has 1 aromatic heterocycles. The molecule has 0 fully saturated rings. The van der Waals surface area contributed by atoms with Crippen LogP contribution in [0.2, 0.25) is 0 Å². The van der Waals surface area contributed by atoms with Gasteiger partial charge in [0.1, 0.15) is 0 Å². The highest BCUT2D eigenvalue weighted by molar-refractivity contribution is 6.08. The number of aromatic nitrogens is 1. The first kappa shape index (κ1) is 13.3. The molecular formula is C14H15NO4. The van der Waals surface area contributed by atoms with Crippen LogP contribution >= 0.6 is 0 Å². The third-order valence-electron chi connectivity index (χ3n) is 3.06. The van der Waals surface area contributed by atoms with Gasteiger partial charge in [0.25, 0.3) is 0 Å². The standard InChI is InChI=1S/C14H15NO4/c1-9(17)12-8-15(5-2-6-16)13-4-3-10(14(18)19)7-11(12)13/h3-4,7-8,16H,2,5-6H2,1H3,(H,18,19). The van der Waals surface area contributed by atoms with E-state index in [0.29, 0.717) is 23.9 Å². The second-order valence-corrected chi connectivity index (χ2v) is 4.41. The largest absolute Gasteiger partial charge is 0.478 e. The van der Waals surface area contributed by atoms with Gasteiger partial charge in [-0.1, -0.05) is 0 Å². The lowest BCUT2D eigenvalue weighted by molar-refractivity contribution is 0.0696. The molecule has 5 heteroatoms. The topological polar surface area (TPSA) is 79.5 Å². The maximum absolute atomic E-state index is 11.6. The van der Waals surface area contributed by atoms with Crippen molar-refractivity contribution in [3.8, 4) is 0 Å². The van der Waals surface area contributed by atoms with E-state index in [4.69, 9.17) is 10.2 Å². The fourth-order valence-corrected chi connectivity index (χ4v) is 2.14. The van der Waals surface area contributed by atoms with Gasteiger partial charge in [0, 0.05) is 35.8 Å². The predicted octanol–water partition coefficient (Wildman–Crippen LogP) is 1.92. The summed E-state index contributed by atoms with van der Waals surface area (Å²) in [6.45, 7) is 2.12. The van der Waals surface area contributed by atoms with Crippen LogP contribution in [0, 0.1) is 0 Å². The molecule has 0 bridgehead atoms. The molecule has 0 aliphatic carbocycles. The number of aliphatic hydroxyl groups excluding tert-OH is 1. The van der Waals surface area contributed by atoms with E-state index in [0.717, 1.165) is 5.52 Å². The highest BCUT2D eigenvalue weighted by Crippen LogP contribution is 2.24. The summed E-state index contributed by atoms with van der Waals surface area (Å²) in [5, 5.41) is 18.5. The Morgan fingerprint density at radius 1 is 1.32 bits per heavy atom. The second-order valence-electron chi connectivity index (χ2n) is 4.41. The van der Waals surface area contributed by atoms with Gasteiger partial charge in [0.15, 0.2) is 5.78 Å². The minimum Gasteiger partial charge on any atom is -0.478 e. The van der Waals surface area contributed by atoms with Crippen LogP contribution in [0.25, 0.3) is 10.9 Å². The Kier molecular flexibility index (Phi) is 3.66. The maximum atomic E-state index is 11.6. The predicted molar refractivity (Wildman–Crippen MR) is 70.6 cm³/mol. The van der Waals surface area contributed by atoms with Gasteiger partial charge < -0.3 is 14.8 Å². The number of benzene rings is 1. The number of carboxylic acids is 1. The van der Waals surface area contributed by atoms with Gasteiger partial charge in [0.2, 0.25) is 0 Å². The summed E-state index contributed by atoms with van der Waals surface area (Å²) in [5.41, 5.74) is 1.48. The molecule has 0 aliphatic rings. The van der Waals surface area contributed by atoms with E-state index in [1.807, 2.05) is 4.57 Å². The molecule has 0 radical (unpaired) electrons. The molecule has 0 atom stereocenters. The van der Waals surface area contributed by atoms with Crippen molar-refractivity contribution >= 4 is 22.7 Å². The first-order valence-electron chi connectivity index (χ1n) is 6.02. The number of carbonyl (C=O) groups is 2. The molecule has 5 nitrogen and oxygen atoms in total. The van der Waals surface area contributed by atoms with E-state index in [9.17, 15) is 9.59 Å². The summed E-state index contributed by atoms with van der Waals surface area (Å²) in [6, 6.07) is 4.73. The highest BCUT2D eigenvalue weighted by Gasteiger charge is 2.14. The molecule has 0 spiro atoms. The Labute approximate surface area is 110 Å². The molecule has 0 saturated heterocycles. The smallest absolute Gasteiger partial charge is 0.335 e. The van der Waals surface area contributed by atoms with Gasteiger partial charge in [-0.25, -0.2) is 4.79 Å². The number of aliphatic hydroxyl groups is 1. The van der Waals surface area contributed by atoms with E-state index in [1.165, 1.54) is 19.1 Å². The minimum atomic E-state index is -1.01. The number of hydrogen-bond donors (Lipinski definition) is 2. The summed E-state index contributed by atoms with van der Waals surface area (Å²) < 4.78 is 1.87. The Hall–Kier alpha value is -2.14. The van der Waals surface area contributed by atoms with Crippen molar-refractivity contribution in [3.63, 3.8) is 0 Å². The Bertz CT molecular complexity index is 642. The van der Waals surface area contributed by atoms with Gasteiger partial charge in [0.05, 0.1) is 5.56 Å². The van der Waals surface area contributed by atoms with E-state index < -0.39 is 5.97 Å². The van der Waals surface area contributed by atoms with Crippen LogP contribution in [0.5, 0.6) is 0 Å². The number of fused-ring (bicyclic) bond motifs is 1. The Morgan fingerprint density at radius 3 is 2.63 bits per heavy atom. The van der Waals surface area contributed by atoms with Crippen LogP contribution in [0.4, 0.5) is 0 Å². The summed E-state index contributed by atoms with van der Waals surface area (Å²) >= 11 is 0. The molecule has 0 aliphatic heterocycles. The second kappa shape index (κ2) is 5.24. The van der Waals surface area contributed by atoms with E-state index in [-0.39, 0.29) is 18.0 Å². The summed E-state index contributed by atoms with van der Waals surface area (Å²) in [7, 11) is 0. The SMILES string of the molecule is CC(=O)c1cn(CCCO)c2ccc(C(=O)O)cc12. The normalized spacial score (nSPS) is 10.8. The average molecular weight is 261 g/mol. The number of nitrogens with zero attached hydrogens (tertiary/aromatic N) is 1. The van der Waals surface area contributed by atoms with Crippen molar-refractivity contribution in [1.29, 1.82) is 0 Å². The van der Waals surface area contributed by atoms with Gasteiger partial charge in [-0.05, 0) is 31.5 Å². The van der Waals surface area contributed by atoms with Gasteiger partial charge in [-0.2, -0.15) is 0 Å². The van der Waals surface area contributed by atoms with Crippen LogP contribution in [-0.4, -0.2) is 33.1 Å². The first-order chi connectivity index (χ1) is 9.04. The van der Waals surface area contributed by atoms with Crippen LogP contribution in [0.3, 0.4) is 0 Å². The number of Topliss-reactive ketones (excluding diaryl/α,β-unsaturated/α-hetero) is 1. The van der Waals surface area contributed by atoms with Crippen molar-refractivity contribution in [2.45, 2.75) is 19.9 Å². The first-order valence-corrected chi connectivity index (χ1v) is 6.02. The molecule has 19 heavy (non-hydrogen) atoms. The number of aryl methyl sites for hydroxylation is 1.